The third kappa shape index (κ3) is 2.28. The Morgan fingerprint density at radius 3 is 2.41 bits per heavy atom. The third-order valence-electron chi connectivity index (χ3n) is 2.59. The van der Waals surface area contributed by atoms with Gasteiger partial charge in [0.15, 0.2) is 0 Å². The van der Waals surface area contributed by atoms with Gasteiger partial charge in [0, 0.05) is 5.56 Å². The van der Waals surface area contributed by atoms with Crippen molar-refractivity contribution < 1.29 is 19.4 Å². The van der Waals surface area contributed by atoms with Crippen molar-refractivity contribution in [3.8, 4) is 6.07 Å². The molecule has 1 heterocycles. The molecule has 1 aromatic carbocycles. The number of nitriles is 1. The molecule has 88 valence electrons. The third-order valence-corrected chi connectivity index (χ3v) is 2.59. The van der Waals surface area contributed by atoms with Crippen molar-refractivity contribution in [1.29, 1.82) is 5.26 Å². The average Bonchev–Trinajstić information content (AvgIpc) is 2.78. The fourth-order valence-corrected chi connectivity index (χ4v) is 1.82. The second-order valence-electron chi connectivity index (χ2n) is 3.71. The van der Waals surface area contributed by atoms with E-state index in [0.29, 0.717) is 24.3 Å². The van der Waals surface area contributed by atoms with Crippen molar-refractivity contribution >= 4 is 5.97 Å². The summed E-state index contributed by atoms with van der Waals surface area (Å²) in [6, 6.07) is 8.55. The molecule has 1 aromatic rings. The summed E-state index contributed by atoms with van der Waals surface area (Å²) in [5, 5.41) is 17.6. The molecule has 0 amide bonds. The number of carbonyl (C=O) groups is 1. The molecule has 1 aliphatic heterocycles. The van der Waals surface area contributed by atoms with Crippen LogP contribution in [-0.4, -0.2) is 24.3 Å². The maximum atomic E-state index is 10.8. The molecular formula is C12H11NO4. The molecule has 0 bridgehead atoms. The summed E-state index contributed by atoms with van der Waals surface area (Å²) in [6.07, 6.45) is -0.251. The molecule has 0 aromatic heterocycles. The first-order valence-corrected chi connectivity index (χ1v) is 5.17. The minimum Gasteiger partial charge on any atom is -0.481 e. The SMILES string of the molecule is N#Cc1ccc(C2(CC(=O)O)OCCO2)cc1. The van der Waals surface area contributed by atoms with E-state index in [0.717, 1.165) is 0 Å². The first-order chi connectivity index (χ1) is 8.16. The van der Waals surface area contributed by atoms with Crippen LogP contribution in [0.1, 0.15) is 17.5 Å². The molecule has 0 unspecified atom stereocenters. The highest BCUT2D eigenvalue weighted by molar-refractivity contribution is 5.68. The number of rotatable bonds is 3. The quantitative estimate of drug-likeness (QED) is 0.849. The van der Waals surface area contributed by atoms with Gasteiger partial charge in [-0.15, -0.1) is 0 Å². The molecule has 2 rings (SSSR count). The van der Waals surface area contributed by atoms with Crippen LogP contribution >= 0.6 is 0 Å². The Kier molecular flexibility index (Phi) is 3.09. The lowest BCUT2D eigenvalue weighted by Crippen LogP contribution is -2.30. The predicted octanol–water partition coefficient (Wildman–Crippen LogP) is 1.23. The predicted molar refractivity (Wildman–Crippen MR) is 57.0 cm³/mol. The Hall–Kier alpha value is -1.90. The first kappa shape index (κ1) is 11.6. The van der Waals surface area contributed by atoms with Gasteiger partial charge in [-0.2, -0.15) is 5.26 Å². The molecule has 0 radical (unpaired) electrons. The summed E-state index contributed by atoms with van der Waals surface area (Å²) in [5.74, 6) is -2.20. The summed E-state index contributed by atoms with van der Waals surface area (Å²) >= 11 is 0. The van der Waals surface area contributed by atoms with Gasteiger partial charge in [-0.3, -0.25) is 4.79 Å². The van der Waals surface area contributed by atoms with Gasteiger partial charge < -0.3 is 14.6 Å². The Morgan fingerprint density at radius 1 is 1.35 bits per heavy atom. The van der Waals surface area contributed by atoms with Crippen molar-refractivity contribution in [2.75, 3.05) is 13.2 Å². The summed E-state index contributed by atoms with van der Waals surface area (Å²) in [6.45, 7) is 0.737. The Balaban J connectivity index is 2.32. The number of nitrogens with zero attached hydrogens (tertiary/aromatic N) is 1. The van der Waals surface area contributed by atoms with E-state index in [-0.39, 0.29) is 6.42 Å². The van der Waals surface area contributed by atoms with E-state index in [9.17, 15) is 4.79 Å². The van der Waals surface area contributed by atoms with Gasteiger partial charge in [0.25, 0.3) is 0 Å². The molecule has 17 heavy (non-hydrogen) atoms. The van der Waals surface area contributed by atoms with E-state index in [2.05, 4.69) is 0 Å². The summed E-state index contributed by atoms with van der Waals surface area (Å²) in [5.41, 5.74) is 1.13. The zero-order valence-electron chi connectivity index (χ0n) is 9.05. The van der Waals surface area contributed by atoms with Crippen LogP contribution in [0.3, 0.4) is 0 Å². The normalized spacial score (nSPS) is 17.6. The van der Waals surface area contributed by atoms with Crippen molar-refractivity contribution in [3.63, 3.8) is 0 Å². The first-order valence-electron chi connectivity index (χ1n) is 5.17. The van der Waals surface area contributed by atoms with Crippen LogP contribution in [0.4, 0.5) is 0 Å². The van der Waals surface area contributed by atoms with Crippen molar-refractivity contribution in [2.24, 2.45) is 0 Å². The van der Waals surface area contributed by atoms with Crippen LogP contribution in [0, 0.1) is 11.3 Å². The van der Waals surface area contributed by atoms with Crippen molar-refractivity contribution in [3.05, 3.63) is 35.4 Å². The van der Waals surface area contributed by atoms with Crippen LogP contribution in [0.2, 0.25) is 0 Å². The van der Waals surface area contributed by atoms with E-state index in [1.807, 2.05) is 6.07 Å². The Morgan fingerprint density at radius 2 is 1.94 bits per heavy atom. The topological polar surface area (TPSA) is 79.6 Å². The van der Waals surface area contributed by atoms with Crippen LogP contribution in [0.25, 0.3) is 0 Å². The fourth-order valence-electron chi connectivity index (χ4n) is 1.82. The minimum atomic E-state index is -1.21. The van der Waals surface area contributed by atoms with E-state index in [1.54, 1.807) is 24.3 Å². The van der Waals surface area contributed by atoms with Crippen molar-refractivity contribution in [2.45, 2.75) is 12.2 Å². The van der Waals surface area contributed by atoms with Gasteiger partial charge in [-0.25, -0.2) is 0 Å². The van der Waals surface area contributed by atoms with Crippen LogP contribution < -0.4 is 0 Å². The van der Waals surface area contributed by atoms with Gasteiger partial charge in [-0.05, 0) is 12.1 Å². The van der Waals surface area contributed by atoms with E-state index in [1.165, 1.54) is 0 Å². The van der Waals surface area contributed by atoms with Crippen LogP contribution in [0.15, 0.2) is 24.3 Å². The maximum absolute atomic E-state index is 10.8. The number of ether oxygens (including phenoxy) is 2. The van der Waals surface area contributed by atoms with Gasteiger partial charge in [-0.1, -0.05) is 12.1 Å². The number of benzene rings is 1. The molecular weight excluding hydrogens is 222 g/mol. The van der Waals surface area contributed by atoms with Gasteiger partial charge >= 0.3 is 5.97 Å². The zero-order chi connectivity index (χ0) is 12.3. The molecule has 0 saturated carbocycles. The lowest BCUT2D eigenvalue weighted by atomic mass is 10.0. The molecule has 1 aliphatic rings. The Labute approximate surface area is 98.2 Å². The fraction of sp³-hybridized carbons (Fsp3) is 0.333. The van der Waals surface area contributed by atoms with E-state index in [4.69, 9.17) is 19.8 Å². The molecule has 1 saturated heterocycles. The second kappa shape index (κ2) is 4.53. The number of carboxylic acid groups (broad SMARTS) is 1. The second-order valence-corrected chi connectivity index (χ2v) is 3.71. The lowest BCUT2D eigenvalue weighted by Gasteiger charge is -2.25. The molecule has 5 heteroatoms. The molecule has 0 spiro atoms. The molecule has 0 aliphatic carbocycles. The molecule has 1 N–H and O–H groups in total. The monoisotopic (exact) mass is 233 g/mol. The van der Waals surface area contributed by atoms with Crippen molar-refractivity contribution in [1.82, 2.24) is 0 Å². The molecule has 1 fully saturated rings. The molecule has 0 atom stereocenters. The largest absolute Gasteiger partial charge is 0.481 e. The standard InChI is InChI=1S/C12H11NO4/c13-8-9-1-3-10(4-2-9)12(7-11(14)15)16-5-6-17-12/h1-4H,5-7H2,(H,14,15). The number of carboxylic acids is 1. The number of aliphatic carboxylic acids is 1. The van der Waals surface area contributed by atoms with Gasteiger partial charge in [0.1, 0.15) is 6.42 Å². The highest BCUT2D eigenvalue weighted by Gasteiger charge is 2.40. The van der Waals surface area contributed by atoms with Gasteiger partial charge in [0.05, 0.1) is 24.8 Å². The number of hydrogen-bond donors (Lipinski definition) is 1. The maximum Gasteiger partial charge on any atom is 0.309 e. The summed E-state index contributed by atoms with van der Waals surface area (Å²) in [4.78, 5) is 10.8. The smallest absolute Gasteiger partial charge is 0.309 e. The number of hydrogen-bond acceptors (Lipinski definition) is 4. The van der Waals surface area contributed by atoms with Crippen LogP contribution in [-0.2, 0) is 20.1 Å². The lowest BCUT2D eigenvalue weighted by molar-refractivity contribution is -0.185. The van der Waals surface area contributed by atoms with Gasteiger partial charge in [0.2, 0.25) is 5.79 Å². The van der Waals surface area contributed by atoms with Crippen LogP contribution in [0.5, 0.6) is 0 Å². The highest BCUT2D eigenvalue weighted by Crippen LogP contribution is 2.34. The summed E-state index contributed by atoms with van der Waals surface area (Å²) in [7, 11) is 0. The molecule has 5 nitrogen and oxygen atoms in total. The van der Waals surface area contributed by atoms with E-state index < -0.39 is 11.8 Å². The Bertz CT molecular complexity index is 454. The summed E-state index contributed by atoms with van der Waals surface area (Å²) < 4.78 is 10.9. The highest BCUT2D eigenvalue weighted by atomic mass is 16.7. The average molecular weight is 233 g/mol. The van der Waals surface area contributed by atoms with E-state index >= 15 is 0 Å². The minimum absolute atomic E-state index is 0.251. The zero-order valence-corrected chi connectivity index (χ0v) is 9.05.